The van der Waals surface area contributed by atoms with E-state index < -0.39 is 10.1 Å². The first-order chi connectivity index (χ1) is 3.12. The summed E-state index contributed by atoms with van der Waals surface area (Å²) in [5.74, 6) is 0. The van der Waals surface area contributed by atoms with E-state index in [1.165, 1.54) is 21.5 Å². The van der Waals surface area contributed by atoms with E-state index in [0.29, 0.717) is 0 Å². The first-order valence-electron chi connectivity index (χ1n) is 1.27. The molecule has 0 aromatic carbocycles. The van der Waals surface area contributed by atoms with E-state index in [2.05, 4.69) is 9.27 Å². The molecule has 0 fully saturated rings. The Morgan fingerprint density at radius 3 is 2.14 bits per heavy atom. The van der Waals surface area contributed by atoms with Gasteiger partial charge in [-0.05, 0) is 0 Å². The van der Waals surface area contributed by atoms with Crippen LogP contribution in [0.4, 0.5) is 0 Å². The third kappa shape index (κ3) is 3.02. The van der Waals surface area contributed by atoms with Gasteiger partial charge < -0.3 is 0 Å². The van der Waals surface area contributed by atoms with Crippen molar-refractivity contribution in [1.29, 1.82) is 0 Å². The second kappa shape index (κ2) is 2.64. The van der Waals surface area contributed by atoms with E-state index in [9.17, 15) is 8.42 Å². The van der Waals surface area contributed by atoms with Crippen molar-refractivity contribution in [2.24, 2.45) is 0 Å². The second-order valence-corrected chi connectivity index (χ2v) is 3.21. The molecule has 46 valence electrons. The Bertz CT molecular complexity index is 146. The molecule has 0 heterocycles. The van der Waals surface area contributed by atoms with Gasteiger partial charge in [0.05, 0.1) is 0 Å². The van der Waals surface area contributed by atoms with Gasteiger partial charge in [-0.3, -0.25) is 0 Å². The fraction of sp³-hybridized carbons (Fsp3) is 0. The molecule has 0 aliphatic rings. The third-order valence-electron chi connectivity index (χ3n) is 0.274. The van der Waals surface area contributed by atoms with Gasteiger partial charge >= 0.3 is 54.7 Å². The summed E-state index contributed by atoms with van der Waals surface area (Å²) in [6.07, 6.45) is 0. The summed E-state index contributed by atoms with van der Waals surface area (Å²) in [5, 5.41) is 0.729. The van der Waals surface area contributed by atoms with E-state index >= 15 is 0 Å². The van der Waals surface area contributed by atoms with Crippen molar-refractivity contribution in [3.8, 4) is 0 Å². The molecule has 3 nitrogen and oxygen atoms in total. The van der Waals surface area contributed by atoms with Gasteiger partial charge in [0, 0.05) is 0 Å². The van der Waals surface area contributed by atoms with Gasteiger partial charge in [-0.15, -0.1) is 0 Å². The van der Waals surface area contributed by atoms with Crippen LogP contribution < -0.4 is 0 Å². The van der Waals surface area contributed by atoms with Crippen molar-refractivity contribution in [2.45, 2.75) is 0 Å². The zero-order valence-electron chi connectivity index (χ0n) is 3.22. The van der Waals surface area contributed by atoms with Crippen LogP contribution >= 0.6 is 0 Å². The molecule has 0 unspecified atom stereocenters. The quantitative estimate of drug-likeness (QED) is 0.671. The fourth-order valence-corrected chi connectivity index (χ4v) is 0.504. The van der Waals surface area contributed by atoms with Crippen molar-refractivity contribution in [2.75, 3.05) is 0 Å². The Morgan fingerprint density at radius 2 is 2.14 bits per heavy atom. The Hall–Kier alpha value is 0.390. The van der Waals surface area contributed by atoms with Crippen LogP contribution in [0, 0.1) is 0 Å². The molecule has 0 rings (SSSR count). The summed E-state index contributed by atoms with van der Waals surface area (Å²) in [6.45, 7) is 2.98. The van der Waals surface area contributed by atoms with Gasteiger partial charge in [0.25, 0.3) is 0 Å². The fourth-order valence-electron chi connectivity index (χ4n) is 0.0205. The molecular weight excluding hydrogens is 301 g/mol. The van der Waals surface area contributed by atoms with Gasteiger partial charge in [0.1, 0.15) is 0 Å². The van der Waals surface area contributed by atoms with Crippen molar-refractivity contribution >= 4 is 10.1 Å². The van der Waals surface area contributed by atoms with E-state index in [1.54, 1.807) is 0 Å². The topological polar surface area (TPSA) is 43.4 Å². The maximum atomic E-state index is 10.0. The van der Waals surface area contributed by atoms with Crippen LogP contribution in [0.15, 0.2) is 12.0 Å². The standard InChI is InChI=1S/C2H4O3S.Au/c1-2-6(3,4)5;/h2H,1H2,(H,3,4,5);/q;+1/p-1. The molecule has 0 aromatic rings. The molecule has 0 saturated heterocycles. The summed E-state index contributed by atoms with van der Waals surface area (Å²) in [7, 11) is -3.42. The average Bonchev–Trinajstić information content (AvgIpc) is 1.68. The molecular formula is C2H3AuO3S. The van der Waals surface area contributed by atoms with Crippen LogP contribution in [0.25, 0.3) is 0 Å². The Balaban J connectivity index is 4.17. The third-order valence-corrected chi connectivity index (χ3v) is 2.33. The molecule has 0 bridgehead atoms. The van der Waals surface area contributed by atoms with E-state index in [4.69, 9.17) is 0 Å². The van der Waals surface area contributed by atoms with Gasteiger partial charge in [-0.1, -0.05) is 0 Å². The van der Waals surface area contributed by atoms with Crippen LogP contribution in [0.5, 0.6) is 0 Å². The average molecular weight is 304 g/mol. The summed E-state index contributed by atoms with van der Waals surface area (Å²) in [4.78, 5) is 0. The molecule has 0 spiro atoms. The second-order valence-electron chi connectivity index (χ2n) is 0.710. The summed E-state index contributed by atoms with van der Waals surface area (Å²) < 4.78 is 23.9. The molecule has 7 heavy (non-hydrogen) atoms. The van der Waals surface area contributed by atoms with Crippen molar-refractivity contribution in [1.82, 2.24) is 0 Å². The molecule has 0 aliphatic heterocycles. The summed E-state index contributed by atoms with van der Waals surface area (Å²) >= 11 is 1.43. The Labute approximate surface area is 54.9 Å². The zero-order chi connectivity index (χ0) is 5.91. The molecule has 5 heteroatoms. The molecule has 0 aliphatic carbocycles. The van der Waals surface area contributed by atoms with Gasteiger partial charge in [-0.25, -0.2) is 0 Å². The molecule has 0 aromatic heterocycles. The van der Waals surface area contributed by atoms with Crippen molar-refractivity contribution in [3.05, 3.63) is 12.0 Å². The van der Waals surface area contributed by atoms with Crippen molar-refractivity contribution < 1.29 is 32.6 Å². The SMILES string of the molecule is C=CS(=O)(=O)[O][Au]. The monoisotopic (exact) mass is 304 g/mol. The number of hydrogen-bond acceptors (Lipinski definition) is 3. The van der Waals surface area contributed by atoms with Crippen LogP contribution in [0.3, 0.4) is 0 Å². The predicted octanol–water partition coefficient (Wildman–Crippen LogP) is -0.0619. The minimum atomic E-state index is -3.42. The van der Waals surface area contributed by atoms with E-state index in [-0.39, 0.29) is 0 Å². The Morgan fingerprint density at radius 1 is 1.71 bits per heavy atom. The van der Waals surface area contributed by atoms with Crippen LogP contribution in [0.1, 0.15) is 0 Å². The normalized spacial score (nSPS) is 11.1. The van der Waals surface area contributed by atoms with Gasteiger partial charge in [0.2, 0.25) is 0 Å². The minimum absolute atomic E-state index is 0.729. The molecule has 0 N–H and O–H groups in total. The summed E-state index contributed by atoms with van der Waals surface area (Å²) in [5.41, 5.74) is 0. The first kappa shape index (κ1) is 7.39. The summed E-state index contributed by atoms with van der Waals surface area (Å²) in [6, 6.07) is 0. The molecule has 0 atom stereocenters. The van der Waals surface area contributed by atoms with Crippen LogP contribution in [-0.4, -0.2) is 8.42 Å². The van der Waals surface area contributed by atoms with E-state index in [0.717, 1.165) is 5.41 Å². The molecule has 0 amide bonds. The zero-order valence-corrected chi connectivity index (χ0v) is 6.20. The number of rotatable bonds is 2. The Kier molecular flexibility index (Phi) is 2.78. The van der Waals surface area contributed by atoms with Crippen LogP contribution in [0.2, 0.25) is 0 Å². The molecule has 0 radical (unpaired) electrons. The van der Waals surface area contributed by atoms with Gasteiger partial charge in [0.15, 0.2) is 0 Å². The maximum absolute atomic E-state index is 10.0. The molecule has 0 saturated carbocycles. The van der Waals surface area contributed by atoms with Crippen molar-refractivity contribution in [3.63, 3.8) is 0 Å². The van der Waals surface area contributed by atoms with Gasteiger partial charge in [-0.2, -0.15) is 0 Å². The van der Waals surface area contributed by atoms with E-state index in [1.807, 2.05) is 0 Å². The first-order valence-corrected chi connectivity index (χ1v) is 3.62. The number of hydrogen-bond donors (Lipinski definition) is 0. The predicted molar refractivity (Wildman–Crippen MR) is 20.2 cm³/mol. The van der Waals surface area contributed by atoms with Crippen LogP contribution in [-0.2, 0) is 34.3 Å².